The van der Waals surface area contributed by atoms with Gasteiger partial charge in [0.25, 0.3) is 0 Å². The molecule has 2 aliphatic rings. The lowest BCUT2D eigenvalue weighted by Gasteiger charge is -2.20. The number of rotatable bonds is 4. The Morgan fingerprint density at radius 3 is 2.70 bits per heavy atom. The Hall–Kier alpha value is -1.34. The molecule has 0 saturated carbocycles. The van der Waals surface area contributed by atoms with Gasteiger partial charge < -0.3 is 25.2 Å². The van der Waals surface area contributed by atoms with Gasteiger partial charge in [0.15, 0.2) is 6.10 Å². The van der Waals surface area contributed by atoms with E-state index in [4.69, 9.17) is 9.84 Å². The van der Waals surface area contributed by atoms with E-state index in [-0.39, 0.29) is 18.1 Å². The van der Waals surface area contributed by atoms with E-state index >= 15 is 0 Å². The lowest BCUT2D eigenvalue weighted by atomic mass is 10.0. The minimum absolute atomic E-state index is 0.139. The lowest BCUT2D eigenvalue weighted by molar-refractivity contribution is -0.149. The highest BCUT2D eigenvalue weighted by Gasteiger charge is 2.32. The molecule has 7 heteroatoms. The highest BCUT2D eigenvalue weighted by atomic mass is 16.5. The van der Waals surface area contributed by atoms with Crippen LogP contribution in [0, 0.1) is 5.92 Å². The Kier molecular flexibility index (Phi) is 4.82. The number of amides is 2. The third kappa shape index (κ3) is 3.61. The number of aliphatic hydroxyl groups is 1. The summed E-state index contributed by atoms with van der Waals surface area (Å²) < 4.78 is 5.32. The number of hydrogen-bond donors (Lipinski definition) is 3. The first-order chi connectivity index (χ1) is 9.47. The average molecular weight is 286 g/mol. The maximum absolute atomic E-state index is 11.9. The first kappa shape index (κ1) is 15.1. The van der Waals surface area contributed by atoms with Crippen molar-refractivity contribution >= 4 is 12.0 Å². The van der Waals surface area contributed by atoms with Crippen molar-refractivity contribution in [1.82, 2.24) is 10.2 Å². The summed E-state index contributed by atoms with van der Waals surface area (Å²) in [5.74, 6) is -0.807. The number of likely N-dealkylation sites (tertiary alicyclic amines) is 1. The van der Waals surface area contributed by atoms with Gasteiger partial charge >= 0.3 is 12.0 Å². The van der Waals surface area contributed by atoms with Crippen molar-refractivity contribution in [3.63, 3.8) is 0 Å². The van der Waals surface area contributed by atoms with Gasteiger partial charge in [-0.15, -0.1) is 0 Å². The smallest absolute Gasteiger partial charge is 0.332 e. The monoisotopic (exact) mass is 286 g/mol. The summed E-state index contributed by atoms with van der Waals surface area (Å²) in [6.07, 6.45) is 0.574. The van der Waals surface area contributed by atoms with Gasteiger partial charge in [0.1, 0.15) is 0 Å². The molecule has 2 aliphatic heterocycles. The zero-order chi connectivity index (χ0) is 14.7. The van der Waals surface area contributed by atoms with Crippen LogP contribution in [0.1, 0.15) is 26.2 Å². The van der Waals surface area contributed by atoms with Crippen molar-refractivity contribution in [3.8, 4) is 0 Å². The SMILES string of the molecule is CC(O)C1CCN(C(=O)NCC2CCC(C(=O)O)O2)C1. The number of ether oxygens (including phenoxy) is 1. The van der Waals surface area contributed by atoms with Gasteiger partial charge in [0, 0.05) is 25.6 Å². The summed E-state index contributed by atoms with van der Waals surface area (Å²) in [5, 5.41) is 21.1. The van der Waals surface area contributed by atoms with Gasteiger partial charge in [0.2, 0.25) is 0 Å². The number of carbonyl (C=O) groups excluding carboxylic acids is 1. The van der Waals surface area contributed by atoms with Crippen molar-refractivity contribution in [2.45, 2.75) is 44.5 Å². The molecule has 0 aromatic rings. The van der Waals surface area contributed by atoms with Gasteiger partial charge in [-0.25, -0.2) is 9.59 Å². The molecule has 0 aliphatic carbocycles. The summed E-state index contributed by atoms with van der Waals surface area (Å²) in [4.78, 5) is 24.4. The molecule has 7 nitrogen and oxygen atoms in total. The fourth-order valence-electron chi connectivity index (χ4n) is 2.72. The van der Waals surface area contributed by atoms with Crippen LogP contribution in [0.3, 0.4) is 0 Å². The van der Waals surface area contributed by atoms with Crippen LogP contribution in [0.2, 0.25) is 0 Å². The van der Waals surface area contributed by atoms with Crippen LogP contribution in [-0.2, 0) is 9.53 Å². The predicted octanol–water partition coefficient (Wildman–Crippen LogP) is 0.0309. The minimum Gasteiger partial charge on any atom is -0.479 e. The molecular weight excluding hydrogens is 264 g/mol. The Balaban J connectivity index is 1.70. The second-order valence-electron chi connectivity index (χ2n) is 5.58. The lowest BCUT2D eigenvalue weighted by Crippen LogP contribution is -2.42. The molecule has 3 N–H and O–H groups in total. The topological polar surface area (TPSA) is 99.1 Å². The van der Waals surface area contributed by atoms with Gasteiger partial charge in [0.05, 0.1) is 12.2 Å². The van der Waals surface area contributed by atoms with Gasteiger partial charge in [-0.2, -0.15) is 0 Å². The number of aliphatic carboxylic acids is 1. The molecule has 0 bridgehead atoms. The Bertz CT molecular complexity index is 374. The third-order valence-corrected chi connectivity index (χ3v) is 4.06. The summed E-state index contributed by atoms with van der Waals surface area (Å²) in [5.41, 5.74) is 0. The Morgan fingerprint density at radius 1 is 1.40 bits per heavy atom. The summed E-state index contributed by atoms with van der Waals surface area (Å²) >= 11 is 0. The second-order valence-corrected chi connectivity index (χ2v) is 5.58. The maximum atomic E-state index is 11.9. The molecule has 2 amide bonds. The molecule has 20 heavy (non-hydrogen) atoms. The highest BCUT2D eigenvalue weighted by molar-refractivity contribution is 5.74. The molecule has 2 fully saturated rings. The molecule has 0 aromatic carbocycles. The van der Waals surface area contributed by atoms with Crippen molar-refractivity contribution in [2.75, 3.05) is 19.6 Å². The van der Waals surface area contributed by atoms with E-state index in [0.29, 0.717) is 32.5 Å². The standard InChI is InChI=1S/C13H22N2O5/c1-8(16)9-4-5-15(7-9)13(19)14-6-10-2-3-11(20-10)12(17)18/h8-11,16H,2-7H2,1H3,(H,14,19)(H,17,18). The number of carboxylic acid groups (broad SMARTS) is 1. The van der Waals surface area contributed by atoms with Gasteiger partial charge in [-0.3, -0.25) is 0 Å². The van der Waals surface area contributed by atoms with E-state index in [1.807, 2.05) is 0 Å². The first-order valence-electron chi connectivity index (χ1n) is 7.06. The largest absolute Gasteiger partial charge is 0.479 e. The summed E-state index contributed by atoms with van der Waals surface area (Å²) in [7, 11) is 0. The third-order valence-electron chi connectivity index (χ3n) is 4.06. The molecule has 0 aromatic heterocycles. The fourth-order valence-corrected chi connectivity index (χ4v) is 2.72. The van der Waals surface area contributed by atoms with Gasteiger partial charge in [-0.1, -0.05) is 0 Å². The average Bonchev–Trinajstić information content (AvgIpc) is 3.05. The number of carboxylic acids is 1. The minimum atomic E-state index is -0.946. The quantitative estimate of drug-likeness (QED) is 0.677. The predicted molar refractivity (Wildman–Crippen MR) is 70.3 cm³/mol. The normalized spacial score (nSPS) is 31.3. The molecule has 4 unspecified atom stereocenters. The number of nitrogens with zero attached hydrogens (tertiary/aromatic N) is 1. The van der Waals surface area contributed by atoms with E-state index in [1.165, 1.54) is 0 Å². The number of aliphatic hydroxyl groups excluding tert-OH is 1. The van der Waals surface area contributed by atoms with E-state index in [1.54, 1.807) is 11.8 Å². The molecule has 2 rings (SSSR count). The van der Waals surface area contributed by atoms with Crippen LogP contribution < -0.4 is 5.32 Å². The maximum Gasteiger partial charge on any atom is 0.332 e. The van der Waals surface area contributed by atoms with Crippen molar-refractivity contribution in [2.24, 2.45) is 5.92 Å². The van der Waals surface area contributed by atoms with Gasteiger partial charge in [-0.05, 0) is 26.2 Å². The zero-order valence-corrected chi connectivity index (χ0v) is 11.6. The van der Waals surface area contributed by atoms with Crippen molar-refractivity contribution in [3.05, 3.63) is 0 Å². The Morgan fingerprint density at radius 2 is 2.15 bits per heavy atom. The molecule has 114 valence electrons. The second kappa shape index (κ2) is 6.41. The van der Waals surface area contributed by atoms with Crippen molar-refractivity contribution in [1.29, 1.82) is 0 Å². The van der Waals surface area contributed by atoms with E-state index in [2.05, 4.69) is 5.32 Å². The van der Waals surface area contributed by atoms with Crippen LogP contribution in [0.5, 0.6) is 0 Å². The van der Waals surface area contributed by atoms with Crippen molar-refractivity contribution < 1.29 is 24.5 Å². The van der Waals surface area contributed by atoms with E-state index < -0.39 is 18.2 Å². The number of nitrogens with one attached hydrogen (secondary N) is 1. The number of hydrogen-bond acceptors (Lipinski definition) is 4. The summed E-state index contributed by atoms with van der Waals surface area (Å²) in [6, 6.07) is -0.171. The van der Waals surface area contributed by atoms with E-state index in [0.717, 1.165) is 6.42 Å². The molecular formula is C13H22N2O5. The van der Waals surface area contributed by atoms with E-state index in [9.17, 15) is 14.7 Å². The summed E-state index contributed by atoms with van der Waals surface area (Å²) in [6.45, 7) is 3.28. The number of carbonyl (C=O) groups is 2. The van der Waals surface area contributed by atoms with Crippen LogP contribution in [-0.4, -0.2) is 65.1 Å². The molecule has 4 atom stereocenters. The molecule has 2 heterocycles. The van der Waals surface area contributed by atoms with Crippen LogP contribution in [0.25, 0.3) is 0 Å². The molecule has 0 spiro atoms. The first-order valence-corrected chi connectivity index (χ1v) is 7.06. The van der Waals surface area contributed by atoms with Crippen LogP contribution >= 0.6 is 0 Å². The Labute approximate surface area is 117 Å². The van der Waals surface area contributed by atoms with Crippen LogP contribution in [0.4, 0.5) is 4.79 Å². The van der Waals surface area contributed by atoms with Crippen LogP contribution in [0.15, 0.2) is 0 Å². The fraction of sp³-hybridized carbons (Fsp3) is 0.846. The zero-order valence-electron chi connectivity index (χ0n) is 11.6. The number of urea groups is 1. The highest BCUT2D eigenvalue weighted by Crippen LogP contribution is 2.21. The molecule has 2 saturated heterocycles. The molecule has 0 radical (unpaired) electrons.